The maximum atomic E-state index is 4.58. The number of guanidine groups is 1. The second-order valence-corrected chi connectivity index (χ2v) is 6.86. The third-order valence-electron chi connectivity index (χ3n) is 3.87. The molecule has 0 radical (unpaired) electrons. The van der Waals surface area contributed by atoms with Gasteiger partial charge >= 0.3 is 0 Å². The van der Waals surface area contributed by atoms with Crippen LogP contribution in [0.4, 0.5) is 5.13 Å². The smallest absolute Gasteiger partial charge is 0.205 e. The number of aliphatic imine (C=N–C) groups is 1. The summed E-state index contributed by atoms with van der Waals surface area (Å²) in [5, 5.41) is 8.76. The van der Waals surface area contributed by atoms with Crippen LogP contribution in [0.15, 0.2) is 21.8 Å². The highest BCUT2D eigenvalue weighted by Gasteiger charge is 2.21. The molecule has 1 aliphatic rings. The number of nitrogens with zero attached hydrogens (tertiary/aromatic N) is 5. The first-order chi connectivity index (χ1) is 11.3. The summed E-state index contributed by atoms with van der Waals surface area (Å²) < 4.78 is 4.38. The first kappa shape index (κ1) is 16.2. The van der Waals surface area contributed by atoms with Crippen LogP contribution in [0.2, 0.25) is 0 Å². The van der Waals surface area contributed by atoms with Crippen LogP contribution in [0.25, 0.3) is 0 Å². The summed E-state index contributed by atoms with van der Waals surface area (Å²) in [5.41, 5.74) is 1.30. The van der Waals surface area contributed by atoms with E-state index in [9.17, 15) is 0 Å². The van der Waals surface area contributed by atoms with E-state index in [4.69, 9.17) is 0 Å². The van der Waals surface area contributed by atoms with Crippen LogP contribution >= 0.6 is 22.9 Å². The zero-order valence-electron chi connectivity index (χ0n) is 13.5. The van der Waals surface area contributed by atoms with Gasteiger partial charge in [0.2, 0.25) is 5.13 Å². The first-order valence-corrected chi connectivity index (χ1v) is 9.56. The van der Waals surface area contributed by atoms with E-state index in [0.717, 1.165) is 56.1 Å². The lowest BCUT2D eigenvalue weighted by atomic mass is 10.3. The number of aryl methyl sites for hydroxylation is 1. The van der Waals surface area contributed by atoms with E-state index < -0.39 is 0 Å². The second-order valence-electron chi connectivity index (χ2n) is 5.35. The normalized spacial score (nSPS) is 16.0. The molecule has 0 atom stereocenters. The van der Waals surface area contributed by atoms with Gasteiger partial charge in [-0.05, 0) is 22.4 Å². The lowest BCUT2D eigenvalue weighted by Crippen LogP contribution is -2.52. The fourth-order valence-electron chi connectivity index (χ4n) is 2.53. The van der Waals surface area contributed by atoms with Crippen molar-refractivity contribution in [1.29, 1.82) is 0 Å². The van der Waals surface area contributed by atoms with E-state index in [-0.39, 0.29) is 0 Å². The van der Waals surface area contributed by atoms with Crippen LogP contribution in [-0.2, 0) is 13.0 Å². The van der Waals surface area contributed by atoms with Crippen molar-refractivity contribution in [3.63, 3.8) is 0 Å². The van der Waals surface area contributed by atoms with Gasteiger partial charge in [-0.25, -0.2) is 4.98 Å². The van der Waals surface area contributed by atoms with Crippen molar-refractivity contribution in [3.8, 4) is 0 Å². The topological polar surface area (TPSA) is 56.7 Å². The van der Waals surface area contributed by atoms with E-state index in [0.29, 0.717) is 0 Å². The molecular formula is C15H22N6S2. The molecule has 0 unspecified atom stereocenters. The van der Waals surface area contributed by atoms with Gasteiger partial charge < -0.3 is 15.1 Å². The molecule has 0 bridgehead atoms. The summed E-state index contributed by atoms with van der Waals surface area (Å²) in [5.74, 6) is 1.92. The molecule has 3 rings (SSSR count). The molecule has 124 valence electrons. The Kier molecular flexibility index (Phi) is 5.45. The molecule has 0 aromatic carbocycles. The number of rotatable bonds is 4. The van der Waals surface area contributed by atoms with Gasteiger partial charge in [0.15, 0.2) is 5.96 Å². The van der Waals surface area contributed by atoms with Gasteiger partial charge in [0.05, 0.1) is 0 Å². The summed E-state index contributed by atoms with van der Waals surface area (Å²) in [6.07, 6.45) is 0.898. The molecule has 23 heavy (non-hydrogen) atoms. The van der Waals surface area contributed by atoms with E-state index in [1.54, 1.807) is 11.3 Å². The molecule has 6 nitrogen and oxygen atoms in total. The van der Waals surface area contributed by atoms with Crippen molar-refractivity contribution in [2.75, 3.05) is 38.1 Å². The van der Waals surface area contributed by atoms with Crippen molar-refractivity contribution >= 4 is 34.0 Å². The molecule has 0 saturated carbocycles. The fourth-order valence-corrected chi connectivity index (χ4v) is 4.00. The van der Waals surface area contributed by atoms with E-state index in [2.05, 4.69) is 53.2 Å². The summed E-state index contributed by atoms with van der Waals surface area (Å²) in [6.45, 7) is 6.73. The molecule has 1 aliphatic heterocycles. The number of anilines is 1. The maximum Gasteiger partial charge on any atom is 0.205 e. The zero-order chi connectivity index (χ0) is 16.1. The van der Waals surface area contributed by atoms with Crippen LogP contribution in [0.1, 0.15) is 18.3 Å². The van der Waals surface area contributed by atoms with Crippen molar-refractivity contribution in [2.24, 2.45) is 4.99 Å². The third kappa shape index (κ3) is 4.00. The average Bonchev–Trinajstić information content (AvgIpc) is 3.27. The molecule has 2 aromatic rings. The molecule has 0 spiro atoms. The highest BCUT2D eigenvalue weighted by Crippen LogP contribution is 2.19. The monoisotopic (exact) mass is 350 g/mol. The Balaban J connectivity index is 1.52. The zero-order valence-corrected chi connectivity index (χ0v) is 15.2. The minimum atomic E-state index is 0.826. The third-order valence-corrected chi connectivity index (χ3v) is 5.41. The Bertz CT molecular complexity index is 628. The minimum Gasteiger partial charge on any atom is -0.352 e. The van der Waals surface area contributed by atoms with Crippen molar-refractivity contribution in [1.82, 2.24) is 19.6 Å². The van der Waals surface area contributed by atoms with Crippen molar-refractivity contribution in [2.45, 2.75) is 19.9 Å². The van der Waals surface area contributed by atoms with Crippen LogP contribution in [-0.4, -0.2) is 53.4 Å². The van der Waals surface area contributed by atoms with Crippen LogP contribution in [0.5, 0.6) is 0 Å². The molecule has 0 amide bonds. The van der Waals surface area contributed by atoms with Crippen LogP contribution < -0.4 is 10.2 Å². The SMILES string of the molecule is CCc1nsc(N2CCN(C(=NC)NCc3ccsc3)CC2)n1. The largest absolute Gasteiger partial charge is 0.352 e. The minimum absolute atomic E-state index is 0.826. The standard InChI is InChI=1S/C15H22N6S2/c1-3-13-18-15(23-19-13)21-7-5-20(6-8-21)14(16-2)17-10-12-4-9-22-11-12/h4,9,11H,3,5-8,10H2,1-2H3,(H,16,17). The van der Waals surface area contributed by atoms with Crippen LogP contribution in [0.3, 0.4) is 0 Å². The molecule has 8 heteroatoms. The number of piperazine rings is 1. The molecule has 1 saturated heterocycles. The van der Waals surface area contributed by atoms with Crippen molar-refractivity contribution in [3.05, 3.63) is 28.2 Å². The van der Waals surface area contributed by atoms with Gasteiger partial charge in [0.1, 0.15) is 5.82 Å². The van der Waals surface area contributed by atoms with E-state index in [1.165, 1.54) is 17.1 Å². The van der Waals surface area contributed by atoms with Crippen molar-refractivity contribution < 1.29 is 0 Å². The molecule has 2 aromatic heterocycles. The highest BCUT2D eigenvalue weighted by molar-refractivity contribution is 7.09. The highest BCUT2D eigenvalue weighted by atomic mass is 32.1. The summed E-state index contributed by atoms with van der Waals surface area (Å²) in [6, 6.07) is 2.14. The second kappa shape index (κ2) is 7.74. The Morgan fingerprint density at radius 3 is 2.78 bits per heavy atom. The maximum absolute atomic E-state index is 4.58. The Morgan fingerprint density at radius 2 is 2.17 bits per heavy atom. The molecule has 0 aliphatic carbocycles. The predicted molar refractivity (Wildman–Crippen MR) is 97.6 cm³/mol. The van der Waals surface area contributed by atoms with Gasteiger partial charge in [0, 0.05) is 57.7 Å². The molecular weight excluding hydrogens is 328 g/mol. The average molecular weight is 351 g/mol. The number of aromatic nitrogens is 2. The molecule has 1 N–H and O–H groups in total. The molecule has 3 heterocycles. The van der Waals surface area contributed by atoms with Gasteiger partial charge in [-0.15, -0.1) is 0 Å². The van der Waals surface area contributed by atoms with Gasteiger partial charge in [-0.2, -0.15) is 15.7 Å². The summed E-state index contributed by atoms with van der Waals surface area (Å²) >= 11 is 3.23. The summed E-state index contributed by atoms with van der Waals surface area (Å²) in [4.78, 5) is 13.6. The van der Waals surface area contributed by atoms with Crippen LogP contribution in [0, 0.1) is 0 Å². The Hall–Kier alpha value is -1.67. The van der Waals surface area contributed by atoms with Gasteiger partial charge in [0.25, 0.3) is 0 Å². The Labute approximate surface area is 145 Å². The van der Waals surface area contributed by atoms with E-state index >= 15 is 0 Å². The number of thiophene rings is 1. The number of hydrogen-bond donors (Lipinski definition) is 1. The lowest BCUT2D eigenvalue weighted by molar-refractivity contribution is 0.372. The predicted octanol–water partition coefficient (Wildman–Crippen LogP) is 2.06. The van der Waals surface area contributed by atoms with Gasteiger partial charge in [-0.3, -0.25) is 4.99 Å². The fraction of sp³-hybridized carbons (Fsp3) is 0.533. The summed E-state index contributed by atoms with van der Waals surface area (Å²) in [7, 11) is 1.85. The molecule has 1 fully saturated rings. The first-order valence-electron chi connectivity index (χ1n) is 7.84. The van der Waals surface area contributed by atoms with Gasteiger partial charge in [-0.1, -0.05) is 6.92 Å². The van der Waals surface area contributed by atoms with E-state index in [1.807, 2.05) is 7.05 Å². The number of hydrogen-bond acceptors (Lipinski definition) is 6. The quantitative estimate of drug-likeness (QED) is 0.676. The lowest BCUT2D eigenvalue weighted by Gasteiger charge is -2.36. The Morgan fingerprint density at radius 1 is 1.35 bits per heavy atom. The number of nitrogens with one attached hydrogen (secondary N) is 1.